The van der Waals surface area contributed by atoms with Gasteiger partial charge in [0.15, 0.2) is 28.9 Å². The van der Waals surface area contributed by atoms with E-state index in [1.165, 1.54) is 63.7 Å². The van der Waals surface area contributed by atoms with E-state index in [9.17, 15) is 50.0 Å². The number of nitrogens with zero attached hydrogens (tertiary/aromatic N) is 9. The standard InChI is InChI=1S/C44H55N9O22S/c1-43(2,3)30-19-21-33(22-20-30)76(64,65)49(44(4,5)73-42(55)69-25-11-7-8-14-31(74-52(60)61)28-70-50(56)57)40-37(72-35-17-10-9-16-34(35)66-6)41(48-39(47-40)38-45-23-13-24-46-38)68-27-26-67-36(54)18-12-15-32(75-53(62)63)29-71-51(58)59/h9-10,13,16-17,19-24,31-32H,7-8,11-12,14-15,18,25-29H2,1-6H3. The first-order chi connectivity index (χ1) is 35.9. The molecule has 0 saturated heterocycles. The van der Waals surface area contributed by atoms with E-state index in [2.05, 4.69) is 39.3 Å². The number of esters is 1. The van der Waals surface area contributed by atoms with E-state index in [0.29, 0.717) is 4.31 Å². The van der Waals surface area contributed by atoms with Crippen LogP contribution in [0.4, 0.5) is 10.6 Å². The van der Waals surface area contributed by atoms with Crippen molar-refractivity contribution in [2.45, 2.75) is 108 Å². The van der Waals surface area contributed by atoms with Crippen LogP contribution in [0.15, 0.2) is 71.9 Å². The van der Waals surface area contributed by atoms with E-state index in [-0.39, 0.29) is 79.6 Å². The Labute approximate surface area is 433 Å². The fourth-order valence-corrected chi connectivity index (χ4v) is 8.41. The molecule has 2 unspecified atom stereocenters. The van der Waals surface area contributed by atoms with Gasteiger partial charge in [0.2, 0.25) is 11.6 Å². The predicted molar refractivity (Wildman–Crippen MR) is 256 cm³/mol. The third-order valence-electron chi connectivity index (χ3n) is 10.2. The third kappa shape index (κ3) is 19.0. The summed E-state index contributed by atoms with van der Waals surface area (Å²) in [6, 6.07) is 13.6. The Kier molecular flexibility index (Phi) is 22.1. The fraction of sp³-hybridized carbons (Fsp3) is 0.500. The van der Waals surface area contributed by atoms with Gasteiger partial charge in [-0.15, -0.1) is 40.5 Å². The van der Waals surface area contributed by atoms with Crippen molar-refractivity contribution in [2.24, 2.45) is 0 Å². The summed E-state index contributed by atoms with van der Waals surface area (Å²) < 4.78 is 65.9. The van der Waals surface area contributed by atoms with E-state index in [1.54, 1.807) is 24.3 Å². The second kappa shape index (κ2) is 28.1. The van der Waals surface area contributed by atoms with Gasteiger partial charge in [0.1, 0.15) is 38.6 Å². The maximum Gasteiger partial charge on any atom is 0.510 e. The molecule has 0 amide bonds. The summed E-state index contributed by atoms with van der Waals surface area (Å²) in [4.78, 5) is 104. The highest BCUT2D eigenvalue weighted by molar-refractivity contribution is 7.92. The molecule has 31 nitrogen and oxygen atoms in total. The van der Waals surface area contributed by atoms with Crippen LogP contribution < -0.4 is 18.5 Å². The van der Waals surface area contributed by atoms with Crippen LogP contribution in [-0.4, -0.2) is 119 Å². The summed E-state index contributed by atoms with van der Waals surface area (Å²) in [7, 11) is -3.62. The third-order valence-corrected chi connectivity index (χ3v) is 12.2. The number of para-hydroxylation sites is 2. The van der Waals surface area contributed by atoms with Crippen molar-refractivity contribution in [2.75, 3.05) is 44.4 Å². The number of rotatable bonds is 33. The van der Waals surface area contributed by atoms with Crippen molar-refractivity contribution in [3.63, 3.8) is 0 Å². The molecule has 2 atom stereocenters. The van der Waals surface area contributed by atoms with Gasteiger partial charge in [0.25, 0.3) is 36.2 Å². The molecule has 0 spiro atoms. The van der Waals surface area contributed by atoms with Gasteiger partial charge < -0.3 is 47.8 Å². The lowest BCUT2D eigenvalue weighted by Crippen LogP contribution is -2.51. The van der Waals surface area contributed by atoms with Crippen molar-refractivity contribution >= 4 is 28.0 Å². The quantitative estimate of drug-likeness (QED) is 0.0165. The molecule has 0 saturated carbocycles. The number of anilines is 1. The van der Waals surface area contributed by atoms with Crippen LogP contribution in [0.1, 0.15) is 85.1 Å². The van der Waals surface area contributed by atoms with E-state index in [1.807, 2.05) is 20.8 Å². The van der Waals surface area contributed by atoms with Gasteiger partial charge in [0, 0.05) is 18.8 Å². The van der Waals surface area contributed by atoms with Crippen LogP contribution in [0.25, 0.3) is 11.6 Å². The van der Waals surface area contributed by atoms with E-state index >= 15 is 8.42 Å². The number of sulfonamides is 1. The van der Waals surface area contributed by atoms with Crippen LogP contribution in [0.3, 0.4) is 0 Å². The normalized spacial score (nSPS) is 12.2. The number of unbranched alkanes of at least 4 members (excludes halogenated alkanes) is 2. The Morgan fingerprint density at radius 1 is 0.684 bits per heavy atom. The second-order valence-electron chi connectivity index (χ2n) is 17.3. The monoisotopic (exact) mass is 1090 g/mol. The van der Waals surface area contributed by atoms with Gasteiger partial charge in [-0.05, 0) is 87.3 Å². The molecule has 76 heavy (non-hydrogen) atoms. The summed E-state index contributed by atoms with van der Waals surface area (Å²) in [6.07, 6.45) is -1.24. The first-order valence-corrected chi connectivity index (χ1v) is 24.3. The minimum atomic E-state index is -4.96. The van der Waals surface area contributed by atoms with E-state index in [0.717, 1.165) is 5.56 Å². The van der Waals surface area contributed by atoms with Crippen molar-refractivity contribution in [3.05, 3.63) is 113 Å². The first kappa shape index (κ1) is 59.8. The Morgan fingerprint density at radius 3 is 1.84 bits per heavy atom. The summed E-state index contributed by atoms with van der Waals surface area (Å²) in [5.41, 5.74) is -1.96. The van der Waals surface area contributed by atoms with Gasteiger partial charge >= 0.3 is 12.1 Å². The average molecular weight is 1090 g/mol. The van der Waals surface area contributed by atoms with Crippen LogP contribution >= 0.6 is 0 Å². The Balaban J connectivity index is 1.76. The number of ether oxygens (including phenoxy) is 6. The number of aromatic nitrogens is 4. The summed E-state index contributed by atoms with van der Waals surface area (Å²) in [5, 5.41) is 38.4. The molecule has 0 bridgehead atoms. The van der Waals surface area contributed by atoms with Gasteiger partial charge in [-0.3, -0.25) is 4.79 Å². The number of methoxy groups -OCH3 is 1. The molecular formula is C44H55N9O22S. The molecule has 2 aromatic heterocycles. The molecule has 0 aliphatic heterocycles. The summed E-state index contributed by atoms with van der Waals surface area (Å²) in [5.74, 6) is -2.83. The number of hydrogen-bond donors (Lipinski definition) is 0. The molecule has 2 heterocycles. The molecule has 0 aliphatic carbocycles. The van der Waals surface area contributed by atoms with Crippen LogP contribution in [0.2, 0.25) is 0 Å². The number of carbonyl (C=O) groups excluding carboxylic acids is 2. The first-order valence-electron chi connectivity index (χ1n) is 22.9. The molecular weight excluding hydrogens is 1040 g/mol. The Hall–Kier alpha value is -8.71. The van der Waals surface area contributed by atoms with Crippen molar-refractivity contribution < 1.29 is 86.1 Å². The Morgan fingerprint density at radius 2 is 1.28 bits per heavy atom. The zero-order chi connectivity index (χ0) is 56.1. The zero-order valence-corrected chi connectivity index (χ0v) is 42.7. The summed E-state index contributed by atoms with van der Waals surface area (Å²) >= 11 is 0. The largest absolute Gasteiger partial charge is 0.510 e. The molecule has 32 heteroatoms. The lowest BCUT2D eigenvalue weighted by molar-refractivity contribution is -0.790. The zero-order valence-electron chi connectivity index (χ0n) is 41.9. The maximum atomic E-state index is 15.4. The molecule has 0 N–H and O–H groups in total. The van der Waals surface area contributed by atoms with Gasteiger partial charge in [-0.2, -0.15) is 4.98 Å². The summed E-state index contributed by atoms with van der Waals surface area (Å²) in [6.45, 7) is 5.46. The molecule has 414 valence electrons. The Bertz CT molecular complexity index is 2720. The van der Waals surface area contributed by atoms with Crippen molar-refractivity contribution in [3.8, 4) is 34.8 Å². The number of hydrogen-bond acceptors (Lipinski definition) is 26. The van der Waals surface area contributed by atoms with Gasteiger partial charge in [-0.25, -0.2) is 32.5 Å². The molecule has 0 radical (unpaired) electrons. The average Bonchev–Trinajstić information content (AvgIpc) is 3.35. The van der Waals surface area contributed by atoms with Crippen molar-refractivity contribution in [1.29, 1.82) is 0 Å². The smallest absolute Gasteiger partial charge is 0.493 e. The van der Waals surface area contributed by atoms with Crippen molar-refractivity contribution in [1.82, 2.24) is 19.9 Å². The van der Waals surface area contributed by atoms with Gasteiger partial charge in [0.05, 0.1) is 18.6 Å². The second-order valence-corrected chi connectivity index (χ2v) is 19.1. The number of carbonyl (C=O) groups is 2. The molecule has 4 aromatic rings. The highest BCUT2D eigenvalue weighted by atomic mass is 32.2. The van der Waals surface area contributed by atoms with Crippen LogP contribution in [0, 0.1) is 40.5 Å². The highest BCUT2D eigenvalue weighted by Crippen LogP contribution is 2.46. The van der Waals surface area contributed by atoms with Crippen LogP contribution in [-0.2, 0) is 53.8 Å². The number of benzene rings is 2. The highest BCUT2D eigenvalue weighted by Gasteiger charge is 2.45. The lowest BCUT2D eigenvalue weighted by Gasteiger charge is -2.37. The molecule has 0 aliphatic rings. The minimum absolute atomic E-state index is 0.0237. The molecule has 2 aromatic carbocycles. The maximum absolute atomic E-state index is 15.4. The SMILES string of the molecule is COc1ccccc1Oc1c(OCCOC(=O)CCCC(CO[N+](=O)[O-])O[N+](=O)[O-])nc(-c2ncccn2)nc1N(C(C)(C)OC(=O)OCCCCCC(CO[N+](=O)[O-])O[N+](=O)[O-])S(=O)(=O)c1ccc(C(C)(C)C)cc1. The molecule has 4 rings (SSSR count). The van der Waals surface area contributed by atoms with Crippen LogP contribution in [0.5, 0.6) is 23.1 Å². The predicted octanol–water partition coefficient (Wildman–Crippen LogP) is 6.34. The fourth-order valence-electron chi connectivity index (χ4n) is 6.75. The van der Waals surface area contributed by atoms with E-state index < -0.39 is 110 Å². The van der Waals surface area contributed by atoms with Gasteiger partial charge in [-0.1, -0.05) is 51.5 Å². The molecule has 0 fully saturated rings. The minimum Gasteiger partial charge on any atom is -0.493 e. The lowest BCUT2D eigenvalue weighted by atomic mass is 9.87. The topological polar surface area (TPSA) is 388 Å². The van der Waals surface area contributed by atoms with E-state index in [4.69, 9.17) is 28.4 Å².